The predicted octanol–water partition coefficient (Wildman–Crippen LogP) is 15.5. The Bertz CT molecular complexity index is 3570. The number of fused-ring (bicyclic) bond motifs is 8. The van der Waals surface area contributed by atoms with Gasteiger partial charge in [-0.2, -0.15) is 0 Å². The first kappa shape index (κ1) is 34.0. The Balaban J connectivity index is 0.928. The van der Waals surface area contributed by atoms with Crippen LogP contribution >= 0.6 is 0 Å². The minimum Gasteiger partial charge on any atom is -0.436 e. The van der Waals surface area contributed by atoms with E-state index >= 15 is 0 Å². The highest BCUT2D eigenvalue weighted by Gasteiger charge is 2.16. The van der Waals surface area contributed by atoms with Gasteiger partial charge in [0.2, 0.25) is 5.89 Å². The van der Waals surface area contributed by atoms with Gasteiger partial charge in [-0.1, -0.05) is 127 Å². The highest BCUT2D eigenvalue weighted by atomic mass is 16.3. The lowest BCUT2D eigenvalue weighted by Gasteiger charge is -2.26. The third-order valence-corrected chi connectivity index (χ3v) is 11.9. The van der Waals surface area contributed by atoms with E-state index in [1.807, 2.05) is 30.5 Å². The van der Waals surface area contributed by atoms with Crippen molar-refractivity contribution in [3.05, 3.63) is 212 Å². The summed E-state index contributed by atoms with van der Waals surface area (Å²) in [4.78, 5) is 11.9. The molecule has 0 saturated heterocycles. The topological polar surface area (TPSA) is 42.2 Å². The highest BCUT2D eigenvalue weighted by molar-refractivity contribution is 6.10. The van der Waals surface area contributed by atoms with Crippen molar-refractivity contribution < 1.29 is 4.42 Å². The Morgan fingerprint density at radius 3 is 1.65 bits per heavy atom. The third kappa shape index (κ3) is 5.85. The van der Waals surface area contributed by atoms with Crippen molar-refractivity contribution in [2.24, 2.45) is 0 Å². The molecule has 0 spiro atoms. The van der Waals surface area contributed by atoms with E-state index in [9.17, 15) is 0 Å². The lowest BCUT2D eigenvalue weighted by Crippen LogP contribution is -2.09. The van der Waals surface area contributed by atoms with E-state index in [1.54, 1.807) is 0 Å². The number of pyridine rings is 1. The number of benzene rings is 10. The zero-order valence-electron chi connectivity index (χ0n) is 32.5. The van der Waals surface area contributed by atoms with Crippen molar-refractivity contribution in [1.82, 2.24) is 9.97 Å². The zero-order chi connectivity index (χ0) is 39.6. The summed E-state index contributed by atoms with van der Waals surface area (Å²) in [5.74, 6) is 0.609. The molecule has 0 aliphatic heterocycles. The van der Waals surface area contributed by atoms with Crippen LogP contribution < -0.4 is 4.90 Å². The second-order valence-electron chi connectivity index (χ2n) is 15.5. The monoisotopic (exact) mass is 765 g/mol. The molecule has 0 radical (unpaired) electrons. The van der Waals surface area contributed by atoms with Crippen molar-refractivity contribution in [2.75, 3.05) is 4.90 Å². The summed E-state index contributed by atoms with van der Waals surface area (Å²) in [7, 11) is 0. The van der Waals surface area contributed by atoms with Crippen molar-refractivity contribution in [3.63, 3.8) is 0 Å². The Morgan fingerprint density at radius 2 is 0.867 bits per heavy atom. The molecule has 0 atom stereocenters. The van der Waals surface area contributed by atoms with Crippen molar-refractivity contribution in [3.8, 4) is 33.7 Å². The van der Waals surface area contributed by atoms with Crippen LogP contribution in [0.3, 0.4) is 0 Å². The number of hydrogen-bond acceptors (Lipinski definition) is 4. The second kappa shape index (κ2) is 13.8. The number of aromatic nitrogens is 2. The average Bonchev–Trinajstić information content (AvgIpc) is 3.76. The van der Waals surface area contributed by atoms with Crippen LogP contribution in [-0.4, -0.2) is 9.97 Å². The van der Waals surface area contributed by atoms with E-state index in [0.717, 1.165) is 61.1 Å². The molecule has 0 amide bonds. The van der Waals surface area contributed by atoms with Crippen LogP contribution in [0.4, 0.5) is 17.1 Å². The van der Waals surface area contributed by atoms with Gasteiger partial charge in [0, 0.05) is 39.6 Å². The number of hydrogen-bond donors (Lipinski definition) is 0. The molecule has 4 nitrogen and oxygen atoms in total. The van der Waals surface area contributed by atoms with Crippen LogP contribution in [0.15, 0.2) is 217 Å². The fourth-order valence-corrected chi connectivity index (χ4v) is 8.78. The normalized spacial score (nSPS) is 11.7. The lowest BCUT2D eigenvalue weighted by atomic mass is 9.96. The first-order valence-corrected chi connectivity index (χ1v) is 20.3. The maximum Gasteiger partial charge on any atom is 0.227 e. The summed E-state index contributed by atoms with van der Waals surface area (Å²) in [5.41, 5.74) is 11.4. The van der Waals surface area contributed by atoms with E-state index in [1.165, 1.54) is 48.8 Å². The van der Waals surface area contributed by atoms with Gasteiger partial charge in [0.15, 0.2) is 5.58 Å². The molecule has 2 heterocycles. The molecule has 12 aromatic rings. The van der Waals surface area contributed by atoms with Gasteiger partial charge in [-0.3, -0.25) is 4.98 Å². The van der Waals surface area contributed by atoms with Gasteiger partial charge in [0.1, 0.15) is 5.52 Å². The van der Waals surface area contributed by atoms with E-state index in [-0.39, 0.29) is 0 Å². The zero-order valence-corrected chi connectivity index (χ0v) is 32.5. The molecular formula is C56H35N3O. The molecule has 0 unspecified atom stereocenters. The minimum atomic E-state index is 0.609. The number of oxazole rings is 1. The first-order chi connectivity index (χ1) is 29.7. The first-order valence-electron chi connectivity index (χ1n) is 20.3. The van der Waals surface area contributed by atoms with Gasteiger partial charge < -0.3 is 9.32 Å². The predicted molar refractivity (Wildman–Crippen MR) is 250 cm³/mol. The molecule has 4 heteroatoms. The van der Waals surface area contributed by atoms with E-state index in [0.29, 0.717) is 5.89 Å². The Hall–Kier alpha value is -8.08. The van der Waals surface area contributed by atoms with Gasteiger partial charge in [-0.05, 0) is 139 Å². The van der Waals surface area contributed by atoms with Crippen molar-refractivity contribution >= 4 is 82.2 Å². The Labute approximate surface area is 346 Å². The summed E-state index contributed by atoms with van der Waals surface area (Å²) in [6.45, 7) is 0. The summed E-state index contributed by atoms with van der Waals surface area (Å²) >= 11 is 0. The van der Waals surface area contributed by atoms with Crippen LogP contribution in [0, 0.1) is 0 Å². The van der Waals surface area contributed by atoms with Crippen molar-refractivity contribution in [1.29, 1.82) is 0 Å². The summed E-state index contributed by atoms with van der Waals surface area (Å²) in [6, 6.07) is 73.6. The van der Waals surface area contributed by atoms with Crippen LogP contribution in [-0.2, 0) is 0 Å². The fourth-order valence-electron chi connectivity index (χ4n) is 8.78. The summed E-state index contributed by atoms with van der Waals surface area (Å²) < 4.78 is 6.13. The minimum absolute atomic E-state index is 0.609. The number of para-hydroxylation sites is 2. The molecule has 0 aliphatic carbocycles. The molecule has 0 aliphatic rings. The maximum atomic E-state index is 6.13. The van der Waals surface area contributed by atoms with Gasteiger partial charge >= 0.3 is 0 Å². The van der Waals surface area contributed by atoms with Gasteiger partial charge in [-0.25, -0.2) is 4.98 Å². The summed E-state index contributed by atoms with van der Waals surface area (Å²) in [6.07, 6.45) is 1.97. The molecule has 2 aromatic heterocycles. The summed E-state index contributed by atoms with van der Waals surface area (Å²) in [5, 5.41) is 10.9. The molecule has 60 heavy (non-hydrogen) atoms. The van der Waals surface area contributed by atoms with Crippen LogP contribution in [0.25, 0.3) is 98.8 Å². The average molecular weight is 766 g/mol. The molecule has 10 aromatic carbocycles. The highest BCUT2D eigenvalue weighted by Crippen LogP contribution is 2.40. The molecule has 12 rings (SSSR count). The van der Waals surface area contributed by atoms with Crippen LogP contribution in [0.2, 0.25) is 0 Å². The molecular weight excluding hydrogens is 731 g/mol. The van der Waals surface area contributed by atoms with Gasteiger partial charge in [0.25, 0.3) is 0 Å². The SMILES string of the molecule is c1ccc2cc(-c3ccc4c(ccc5cc(N(c6ccc(-c7ccc8c(c7)ncc7ccccc78)cc6)c6ccc(-c7nc8ccccc8o7)cc6)ccc54)c3)ccc2c1. The van der Waals surface area contributed by atoms with Gasteiger partial charge in [-0.15, -0.1) is 0 Å². The number of anilines is 3. The molecule has 0 fully saturated rings. The van der Waals surface area contributed by atoms with Crippen molar-refractivity contribution in [2.45, 2.75) is 0 Å². The maximum absolute atomic E-state index is 6.13. The molecule has 0 bridgehead atoms. The van der Waals surface area contributed by atoms with Gasteiger partial charge in [0.05, 0.1) is 5.52 Å². The molecule has 0 N–H and O–H groups in total. The van der Waals surface area contributed by atoms with Crippen LogP contribution in [0.5, 0.6) is 0 Å². The Kier molecular flexibility index (Phi) is 7.82. The van der Waals surface area contributed by atoms with Crippen LogP contribution in [0.1, 0.15) is 0 Å². The quantitative estimate of drug-likeness (QED) is 0.158. The van der Waals surface area contributed by atoms with E-state index in [2.05, 4.69) is 187 Å². The van der Waals surface area contributed by atoms with E-state index in [4.69, 9.17) is 14.4 Å². The lowest BCUT2D eigenvalue weighted by molar-refractivity contribution is 0.620. The van der Waals surface area contributed by atoms with E-state index < -0.39 is 0 Å². The Morgan fingerprint density at radius 1 is 0.333 bits per heavy atom. The fraction of sp³-hybridized carbons (Fsp3) is 0. The number of rotatable bonds is 6. The smallest absolute Gasteiger partial charge is 0.227 e. The molecule has 0 saturated carbocycles. The number of nitrogens with zero attached hydrogens (tertiary/aromatic N) is 3. The third-order valence-electron chi connectivity index (χ3n) is 11.9. The standard InChI is InChI=1S/C56H35N3O/c1-2-8-39-31-40(14-13-36(39)7-1)41-21-28-50-43(32-41)15-16-44-33-48(27-30-51(44)50)59(47-25-19-38(20-26-47)56-58-53-11-5-6-12-55(53)60-56)46-23-17-37(18-24-46)42-22-29-52-49-10-4-3-9-45(49)35-57-54(52)34-42/h1-35H. The largest absolute Gasteiger partial charge is 0.436 e. The second-order valence-corrected chi connectivity index (χ2v) is 15.5. The molecule has 280 valence electrons.